The molecule has 0 aliphatic carbocycles. The van der Waals surface area contributed by atoms with Gasteiger partial charge in [-0.15, -0.1) is 4.99 Å². The Labute approximate surface area is 195 Å². The lowest BCUT2D eigenvalue weighted by atomic mass is 10.2. The number of nitrogens with zero attached hydrogens (tertiary/aromatic N) is 2. The maximum atomic E-state index is 12.2. The molecule has 12 heteroatoms. The number of rotatable bonds is 7. The number of benzene rings is 2. The lowest BCUT2D eigenvalue weighted by molar-refractivity contribution is 0.176. The van der Waals surface area contributed by atoms with E-state index in [1.54, 1.807) is 18.2 Å². The van der Waals surface area contributed by atoms with Crippen molar-refractivity contribution in [1.29, 1.82) is 0 Å². The average Bonchev–Trinajstić information content (AvgIpc) is 2.81. The first-order valence-corrected chi connectivity index (χ1v) is 10.4. The van der Waals surface area contributed by atoms with Gasteiger partial charge in [0.05, 0.1) is 38.7 Å². The number of nitrogens with two attached hydrogens (primary N) is 1. The number of guanidine groups is 1. The molecule has 0 spiro atoms. The molecule has 2 aromatic rings. The van der Waals surface area contributed by atoms with E-state index < -0.39 is 18.2 Å². The standard InChI is InChI=1S/C21H25N5O6S/c1-30-12-11-26(18(22)27)17-13-15(33-14-7-5-4-6-8-14)9-10-16(17)23-19(24-20(28)31-2)25-21(29)32-3/h4-10,13H,11-12H2,1-3H3,(H2,22,27)(H2,23,24,25,28,29). The smallest absolute Gasteiger partial charge is 0.436 e. The van der Waals surface area contributed by atoms with E-state index in [-0.39, 0.29) is 19.1 Å². The molecule has 11 nitrogen and oxygen atoms in total. The highest BCUT2D eigenvalue weighted by molar-refractivity contribution is 7.99. The summed E-state index contributed by atoms with van der Waals surface area (Å²) < 4.78 is 14.2. The van der Waals surface area contributed by atoms with Gasteiger partial charge in [0.2, 0.25) is 5.96 Å². The van der Waals surface area contributed by atoms with E-state index in [9.17, 15) is 14.4 Å². The maximum Gasteiger partial charge on any atom is 0.436 e. The number of hydrogen-bond acceptors (Lipinski definition) is 7. The SMILES string of the molecule is COCCN(C(N)=O)c1cc(Sc2ccccc2)ccc1NC(=NC(=O)OC)NC(=O)OC. The van der Waals surface area contributed by atoms with Gasteiger partial charge in [-0.1, -0.05) is 30.0 Å². The number of nitrogens with one attached hydrogen (secondary N) is 2. The summed E-state index contributed by atoms with van der Waals surface area (Å²) in [7, 11) is 3.80. The Hall–Kier alpha value is -3.77. The summed E-state index contributed by atoms with van der Waals surface area (Å²) in [5, 5.41) is 5.10. The van der Waals surface area contributed by atoms with Crippen molar-refractivity contribution in [1.82, 2.24) is 5.32 Å². The fourth-order valence-electron chi connectivity index (χ4n) is 2.56. The second kappa shape index (κ2) is 12.9. The molecule has 0 bridgehead atoms. The van der Waals surface area contributed by atoms with Crippen molar-refractivity contribution < 1.29 is 28.6 Å². The summed E-state index contributed by atoms with van der Waals surface area (Å²) in [4.78, 5) is 42.3. The molecule has 0 aliphatic rings. The number of ether oxygens (including phenoxy) is 3. The Balaban J connectivity index is 2.48. The fourth-order valence-corrected chi connectivity index (χ4v) is 3.43. The minimum atomic E-state index is -0.960. The van der Waals surface area contributed by atoms with Crippen LogP contribution in [-0.4, -0.2) is 58.7 Å². The minimum Gasteiger partial charge on any atom is -0.453 e. The van der Waals surface area contributed by atoms with Gasteiger partial charge in [0, 0.05) is 16.9 Å². The molecular weight excluding hydrogens is 450 g/mol. The van der Waals surface area contributed by atoms with Gasteiger partial charge in [-0.25, -0.2) is 14.4 Å². The van der Waals surface area contributed by atoms with Crippen molar-refractivity contribution in [2.45, 2.75) is 9.79 Å². The number of amides is 4. The average molecular weight is 476 g/mol. The summed E-state index contributed by atoms with van der Waals surface area (Å²) in [5.74, 6) is -0.269. The first-order valence-electron chi connectivity index (χ1n) is 9.59. The number of hydrogen-bond donors (Lipinski definition) is 3. The third kappa shape index (κ3) is 8.01. The van der Waals surface area contributed by atoms with Crippen LogP contribution in [-0.2, 0) is 14.2 Å². The third-order valence-corrected chi connectivity index (χ3v) is 5.06. The number of urea groups is 1. The summed E-state index contributed by atoms with van der Waals surface area (Å²) in [6.45, 7) is 0.385. The zero-order valence-electron chi connectivity index (χ0n) is 18.4. The molecule has 0 fully saturated rings. The number of carbonyl (C=O) groups excluding carboxylic acids is 3. The quantitative estimate of drug-likeness (QED) is 0.409. The lowest BCUT2D eigenvalue weighted by Gasteiger charge is -2.24. The van der Waals surface area contributed by atoms with Crippen molar-refractivity contribution in [2.24, 2.45) is 10.7 Å². The summed E-state index contributed by atoms with van der Waals surface area (Å²) in [5.41, 5.74) is 6.33. The van der Waals surface area contributed by atoms with Crippen LogP contribution in [0.15, 0.2) is 63.3 Å². The number of anilines is 2. The van der Waals surface area contributed by atoms with Crippen LogP contribution in [0.2, 0.25) is 0 Å². The Morgan fingerprint density at radius 3 is 2.36 bits per heavy atom. The predicted molar refractivity (Wildman–Crippen MR) is 125 cm³/mol. The molecule has 0 aromatic heterocycles. The van der Waals surface area contributed by atoms with Gasteiger partial charge < -0.3 is 25.3 Å². The molecule has 4 amide bonds. The fraction of sp³-hybridized carbons (Fsp3) is 0.238. The van der Waals surface area contributed by atoms with Crippen molar-refractivity contribution in [3.63, 3.8) is 0 Å². The molecule has 0 heterocycles. The van der Waals surface area contributed by atoms with Crippen molar-refractivity contribution in [2.75, 3.05) is 44.7 Å². The maximum absolute atomic E-state index is 12.2. The molecule has 2 aromatic carbocycles. The van der Waals surface area contributed by atoms with Gasteiger partial charge >= 0.3 is 18.2 Å². The van der Waals surface area contributed by atoms with E-state index in [1.165, 1.54) is 23.8 Å². The van der Waals surface area contributed by atoms with Gasteiger partial charge in [0.25, 0.3) is 0 Å². The van der Waals surface area contributed by atoms with E-state index in [0.717, 1.165) is 24.0 Å². The van der Waals surface area contributed by atoms with Crippen molar-refractivity contribution in [3.8, 4) is 0 Å². The van der Waals surface area contributed by atoms with Crippen LogP contribution in [0.1, 0.15) is 0 Å². The second-order valence-electron chi connectivity index (χ2n) is 6.25. The van der Waals surface area contributed by atoms with E-state index in [2.05, 4.69) is 25.1 Å². The first-order chi connectivity index (χ1) is 15.9. The monoisotopic (exact) mass is 475 g/mol. The van der Waals surface area contributed by atoms with Crippen molar-refractivity contribution >= 4 is 47.3 Å². The van der Waals surface area contributed by atoms with Crippen LogP contribution in [0.3, 0.4) is 0 Å². The molecule has 0 unspecified atom stereocenters. The van der Waals surface area contributed by atoms with E-state index >= 15 is 0 Å². The molecule has 0 saturated heterocycles. The van der Waals surface area contributed by atoms with Crippen LogP contribution in [0, 0.1) is 0 Å². The molecule has 0 atom stereocenters. The lowest BCUT2D eigenvalue weighted by Crippen LogP contribution is -2.40. The van der Waals surface area contributed by atoms with Crippen LogP contribution < -0.4 is 21.3 Å². The highest BCUT2D eigenvalue weighted by atomic mass is 32.2. The molecular formula is C21H25N5O6S. The topological polar surface area (TPSA) is 145 Å². The number of alkyl carbamates (subject to hydrolysis) is 1. The zero-order valence-corrected chi connectivity index (χ0v) is 19.2. The molecule has 0 aliphatic heterocycles. The van der Waals surface area contributed by atoms with Gasteiger partial charge in [-0.05, 0) is 30.3 Å². The highest BCUT2D eigenvalue weighted by Crippen LogP contribution is 2.35. The number of primary amides is 1. The summed E-state index contributed by atoms with van der Waals surface area (Å²) in [6, 6.07) is 14.1. The predicted octanol–water partition coefficient (Wildman–Crippen LogP) is 3.26. The van der Waals surface area contributed by atoms with Crippen LogP contribution in [0.4, 0.5) is 25.8 Å². The highest BCUT2D eigenvalue weighted by Gasteiger charge is 2.19. The van der Waals surface area contributed by atoms with Crippen molar-refractivity contribution in [3.05, 3.63) is 48.5 Å². The minimum absolute atomic E-state index is 0.161. The van der Waals surface area contributed by atoms with Gasteiger partial charge in [0.15, 0.2) is 0 Å². The van der Waals surface area contributed by atoms with Gasteiger partial charge in [-0.2, -0.15) is 0 Å². The van der Waals surface area contributed by atoms with Crippen LogP contribution in [0.25, 0.3) is 0 Å². The molecule has 33 heavy (non-hydrogen) atoms. The van der Waals surface area contributed by atoms with Crippen LogP contribution >= 0.6 is 11.8 Å². The number of aliphatic imine (C=N–C) groups is 1. The summed E-state index contributed by atoms with van der Waals surface area (Å²) >= 11 is 1.48. The van der Waals surface area contributed by atoms with Gasteiger partial charge in [0.1, 0.15) is 0 Å². The zero-order chi connectivity index (χ0) is 24.2. The molecule has 0 radical (unpaired) electrons. The Morgan fingerprint density at radius 1 is 1.03 bits per heavy atom. The Kier molecular flexibility index (Phi) is 9.99. The van der Waals surface area contributed by atoms with Gasteiger partial charge in [-0.3, -0.25) is 10.2 Å². The first kappa shape index (κ1) is 25.5. The normalized spacial score (nSPS) is 10.8. The van der Waals surface area contributed by atoms with E-state index in [1.807, 2.05) is 30.3 Å². The van der Waals surface area contributed by atoms with E-state index in [0.29, 0.717) is 11.4 Å². The number of methoxy groups -OCH3 is 3. The molecule has 2 rings (SSSR count). The third-order valence-electron chi connectivity index (χ3n) is 4.06. The molecule has 0 saturated carbocycles. The van der Waals surface area contributed by atoms with Crippen LogP contribution in [0.5, 0.6) is 0 Å². The van der Waals surface area contributed by atoms with E-state index in [4.69, 9.17) is 10.5 Å². The molecule has 4 N–H and O–H groups in total. The Morgan fingerprint density at radius 2 is 1.76 bits per heavy atom. The molecule has 176 valence electrons. The largest absolute Gasteiger partial charge is 0.453 e. The Bertz CT molecular complexity index is 1000. The number of carbonyl (C=O) groups is 3. The summed E-state index contributed by atoms with van der Waals surface area (Å²) in [6.07, 6.45) is -1.83. The second-order valence-corrected chi connectivity index (χ2v) is 7.40.